The van der Waals surface area contributed by atoms with Crippen LogP contribution < -0.4 is 19.7 Å². The Morgan fingerprint density at radius 2 is 2.13 bits per heavy atom. The van der Waals surface area contributed by atoms with Crippen LogP contribution in [0.2, 0.25) is 0 Å². The molecule has 0 unspecified atom stereocenters. The Balaban J connectivity index is 2.17. The van der Waals surface area contributed by atoms with Gasteiger partial charge in [-0.2, -0.15) is 0 Å². The average molecular weight is 343 g/mol. The number of ether oxygens (including phenoxy) is 2. The minimum absolute atomic E-state index is 0.116. The van der Waals surface area contributed by atoms with Crippen LogP contribution in [0.25, 0.3) is 0 Å². The molecule has 0 aromatic heterocycles. The maximum atomic E-state index is 12.1. The highest BCUT2D eigenvalue weighted by molar-refractivity contribution is 7.93. The second kappa shape index (κ2) is 7.51. The normalized spacial score (nSPS) is 16.2. The van der Waals surface area contributed by atoms with Crippen molar-refractivity contribution < 1.29 is 22.7 Å². The van der Waals surface area contributed by atoms with Crippen molar-refractivity contribution in [2.75, 3.05) is 49.3 Å². The van der Waals surface area contributed by atoms with Gasteiger partial charge in [0.05, 0.1) is 25.2 Å². The second-order valence-corrected chi connectivity index (χ2v) is 7.01. The van der Waals surface area contributed by atoms with E-state index in [2.05, 4.69) is 10.6 Å². The van der Waals surface area contributed by atoms with Gasteiger partial charge in [-0.15, -0.1) is 0 Å². The van der Waals surface area contributed by atoms with Crippen LogP contribution >= 0.6 is 0 Å². The van der Waals surface area contributed by atoms with E-state index >= 15 is 0 Å². The molecule has 0 atom stereocenters. The molecule has 1 aliphatic rings. The van der Waals surface area contributed by atoms with Crippen LogP contribution in [0.4, 0.5) is 16.2 Å². The van der Waals surface area contributed by atoms with E-state index in [1.54, 1.807) is 25.3 Å². The predicted octanol–water partition coefficient (Wildman–Crippen LogP) is 1.00. The standard InChI is InChI=1S/C14H21N3O5S/c1-21-8-6-15-14(18)16-11-4-5-13(22-2)12(10-11)17-7-3-9-23(17,19)20/h4-5,10H,3,6-9H2,1-2H3,(H2,15,16,18). The lowest BCUT2D eigenvalue weighted by atomic mass is 10.2. The first-order valence-electron chi connectivity index (χ1n) is 7.20. The van der Waals surface area contributed by atoms with Crippen molar-refractivity contribution in [1.82, 2.24) is 5.32 Å². The topological polar surface area (TPSA) is 97.0 Å². The van der Waals surface area contributed by atoms with Crippen molar-refractivity contribution in [3.8, 4) is 5.75 Å². The summed E-state index contributed by atoms with van der Waals surface area (Å²) in [6.45, 7) is 1.20. The Morgan fingerprint density at radius 3 is 2.74 bits per heavy atom. The number of rotatable bonds is 6. The van der Waals surface area contributed by atoms with Gasteiger partial charge in [0.1, 0.15) is 5.75 Å². The van der Waals surface area contributed by atoms with Crippen LogP contribution in [-0.2, 0) is 14.8 Å². The number of methoxy groups -OCH3 is 2. The van der Waals surface area contributed by atoms with Crippen molar-refractivity contribution >= 4 is 27.4 Å². The first kappa shape index (κ1) is 17.4. The van der Waals surface area contributed by atoms with Gasteiger partial charge in [-0.3, -0.25) is 4.31 Å². The quantitative estimate of drug-likeness (QED) is 0.751. The minimum atomic E-state index is -3.33. The molecule has 0 saturated carbocycles. The minimum Gasteiger partial charge on any atom is -0.495 e. The zero-order chi connectivity index (χ0) is 16.9. The average Bonchev–Trinajstić information content (AvgIpc) is 2.86. The summed E-state index contributed by atoms with van der Waals surface area (Å²) in [5.41, 5.74) is 0.914. The fourth-order valence-corrected chi connectivity index (χ4v) is 3.88. The zero-order valence-corrected chi connectivity index (χ0v) is 14.0. The van der Waals surface area contributed by atoms with Crippen LogP contribution in [0.15, 0.2) is 18.2 Å². The van der Waals surface area contributed by atoms with E-state index in [1.165, 1.54) is 11.4 Å². The summed E-state index contributed by atoms with van der Waals surface area (Å²) < 4.78 is 35.6. The molecule has 0 bridgehead atoms. The third-order valence-corrected chi connectivity index (χ3v) is 5.25. The zero-order valence-electron chi connectivity index (χ0n) is 13.2. The van der Waals surface area contributed by atoms with Gasteiger partial charge in [0, 0.05) is 25.9 Å². The van der Waals surface area contributed by atoms with Crippen LogP contribution in [0, 0.1) is 0 Å². The van der Waals surface area contributed by atoms with Gasteiger partial charge in [-0.25, -0.2) is 13.2 Å². The van der Waals surface area contributed by atoms with Crippen molar-refractivity contribution in [1.29, 1.82) is 0 Å². The molecule has 9 heteroatoms. The molecule has 0 radical (unpaired) electrons. The van der Waals surface area contributed by atoms with Crippen molar-refractivity contribution in [3.63, 3.8) is 0 Å². The number of nitrogens with one attached hydrogen (secondary N) is 2. The summed E-state index contributed by atoms with van der Waals surface area (Å²) in [6.07, 6.45) is 0.570. The van der Waals surface area contributed by atoms with E-state index in [-0.39, 0.29) is 11.8 Å². The molecule has 0 spiro atoms. The molecule has 2 rings (SSSR count). The lowest BCUT2D eigenvalue weighted by molar-refractivity contribution is 0.198. The molecule has 128 valence electrons. The van der Waals surface area contributed by atoms with Crippen LogP contribution in [0.1, 0.15) is 6.42 Å². The lowest BCUT2D eigenvalue weighted by Crippen LogP contribution is -2.31. The van der Waals surface area contributed by atoms with Gasteiger partial charge in [0.15, 0.2) is 0 Å². The molecule has 1 saturated heterocycles. The molecule has 2 amide bonds. The van der Waals surface area contributed by atoms with Gasteiger partial charge in [0.25, 0.3) is 0 Å². The van der Waals surface area contributed by atoms with Crippen molar-refractivity contribution in [2.45, 2.75) is 6.42 Å². The van der Waals surface area contributed by atoms with Crippen molar-refractivity contribution in [2.24, 2.45) is 0 Å². The van der Waals surface area contributed by atoms with E-state index in [1.807, 2.05) is 0 Å². The molecule has 2 N–H and O–H groups in total. The highest BCUT2D eigenvalue weighted by atomic mass is 32.2. The summed E-state index contributed by atoms with van der Waals surface area (Å²) in [7, 11) is -0.301. The number of amides is 2. The highest BCUT2D eigenvalue weighted by Gasteiger charge is 2.30. The van der Waals surface area contributed by atoms with Gasteiger partial charge in [-0.1, -0.05) is 0 Å². The van der Waals surface area contributed by atoms with Crippen LogP contribution in [0.3, 0.4) is 0 Å². The van der Waals surface area contributed by atoms with Gasteiger partial charge in [0.2, 0.25) is 10.0 Å². The summed E-state index contributed by atoms with van der Waals surface area (Å²) in [6, 6.07) is 4.49. The van der Waals surface area contributed by atoms with E-state index < -0.39 is 10.0 Å². The van der Waals surface area contributed by atoms with E-state index in [0.717, 1.165) is 0 Å². The summed E-state index contributed by atoms with van der Waals surface area (Å²) in [4.78, 5) is 11.8. The Bertz CT molecular complexity index is 662. The Hall–Kier alpha value is -2.00. The van der Waals surface area contributed by atoms with E-state index in [0.29, 0.717) is 43.2 Å². The molecule has 1 aromatic carbocycles. The van der Waals surface area contributed by atoms with Crippen molar-refractivity contribution in [3.05, 3.63) is 18.2 Å². The number of anilines is 2. The largest absolute Gasteiger partial charge is 0.495 e. The van der Waals surface area contributed by atoms with Gasteiger partial charge in [-0.05, 0) is 24.6 Å². The van der Waals surface area contributed by atoms with Gasteiger partial charge >= 0.3 is 6.03 Å². The maximum Gasteiger partial charge on any atom is 0.319 e. The first-order chi connectivity index (χ1) is 11.0. The third-order valence-electron chi connectivity index (χ3n) is 3.40. The molecule has 1 aromatic rings. The molecular formula is C14H21N3O5S. The number of hydrogen-bond donors (Lipinski definition) is 2. The molecule has 1 aliphatic heterocycles. The highest BCUT2D eigenvalue weighted by Crippen LogP contribution is 2.35. The van der Waals surface area contributed by atoms with E-state index in [4.69, 9.17) is 9.47 Å². The molecule has 1 heterocycles. The molecular weight excluding hydrogens is 322 g/mol. The Morgan fingerprint density at radius 1 is 1.35 bits per heavy atom. The number of carbonyl (C=O) groups excluding carboxylic acids is 1. The number of urea groups is 1. The smallest absolute Gasteiger partial charge is 0.319 e. The number of carbonyl (C=O) groups is 1. The molecule has 23 heavy (non-hydrogen) atoms. The number of benzene rings is 1. The Kier molecular flexibility index (Phi) is 5.67. The number of hydrogen-bond acceptors (Lipinski definition) is 5. The lowest BCUT2D eigenvalue weighted by Gasteiger charge is -2.20. The summed E-state index contributed by atoms with van der Waals surface area (Å²) in [5.74, 6) is 0.562. The number of sulfonamides is 1. The fourth-order valence-electron chi connectivity index (χ4n) is 2.31. The molecule has 8 nitrogen and oxygen atoms in total. The third kappa shape index (κ3) is 4.26. The summed E-state index contributed by atoms with van der Waals surface area (Å²) in [5, 5.41) is 5.29. The summed E-state index contributed by atoms with van der Waals surface area (Å²) >= 11 is 0. The monoisotopic (exact) mass is 343 g/mol. The van der Waals surface area contributed by atoms with Crippen LogP contribution in [0.5, 0.6) is 5.75 Å². The molecule has 0 aliphatic carbocycles. The second-order valence-electron chi connectivity index (χ2n) is 5.00. The Labute approximate surface area is 135 Å². The number of nitrogens with zero attached hydrogens (tertiary/aromatic N) is 1. The van der Waals surface area contributed by atoms with E-state index in [9.17, 15) is 13.2 Å². The maximum absolute atomic E-state index is 12.1. The van der Waals surface area contributed by atoms with Gasteiger partial charge < -0.3 is 20.1 Å². The fraction of sp³-hybridized carbons (Fsp3) is 0.500. The predicted molar refractivity (Wildman–Crippen MR) is 87.6 cm³/mol. The van der Waals surface area contributed by atoms with Crippen LogP contribution in [-0.4, -0.2) is 54.1 Å². The SMILES string of the molecule is COCCNC(=O)Nc1ccc(OC)c(N2CCCS2(=O)=O)c1. The molecule has 1 fully saturated rings. The first-order valence-corrected chi connectivity index (χ1v) is 8.81.